The maximum absolute atomic E-state index is 10.9. The first kappa shape index (κ1) is 12.0. The molecule has 0 aromatic heterocycles. The Morgan fingerprint density at radius 2 is 2.27 bits per heavy atom. The molecule has 0 amide bonds. The molecule has 0 radical (unpaired) electrons. The van der Waals surface area contributed by atoms with Gasteiger partial charge in [0.1, 0.15) is 0 Å². The Hall–Kier alpha value is -1.06. The molecule has 0 bridgehead atoms. The number of benzene rings is 1. The minimum Gasteiger partial charge on any atom is -0.469 e. The van der Waals surface area contributed by atoms with E-state index in [-0.39, 0.29) is 6.42 Å². The van der Waals surface area contributed by atoms with Crippen LogP contribution < -0.4 is 0 Å². The molecule has 0 fully saturated rings. The Bertz CT molecular complexity index is 363. The second kappa shape index (κ2) is 5.14. The van der Waals surface area contributed by atoms with Crippen LogP contribution >= 0.6 is 11.6 Å². The predicted molar refractivity (Wildman–Crippen MR) is 57.8 cm³/mol. The van der Waals surface area contributed by atoms with Gasteiger partial charge in [-0.1, -0.05) is 23.7 Å². The summed E-state index contributed by atoms with van der Waals surface area (Å²) in [6.45, 7) is 1.91. The van der Waals surface area contributed by atoms with Crippen molar-refractivity contribution in [3.8, 4) is 0 Å². The Morgan fingerprint density at radius 1 is 1.60 bits per heavy atom. The molecule has 0 saturated heterocycles. The molecular formula is C11H13ClO3. The van der Waals surface area contributed by atoms with Crippen LogP contribution in [0.2, 0.25) is 5.02 Å². The summed E-state index contributed by atoms with van der Waals surface area (Å²) in [5, 5.41) is 10.2. The van der Waals surface area contributed by atoms with Crippen LogP contribution in [0.4, 0.5) is 0 Å². The van der Waals surface area contributed by atoms with Gasteiger partial charge in [0.25, 0.3) is 0 Å². The van der Waals surface area contributed by atoms with Crippen molar-refractivity contribution in [3.63, 3.8) is 0 Å². The third-order valence-electron chi connectivity index (χ3n) is 2.10. The first-order valence-corrected chi connectivity index (χ1v) is 4.93. The summed E-state index contributed by atoms with van der Waals surface area (Å²) in [5.41, 5.74) is 1.56. The number of aliphatic hydroxyl groups excluding tert-OH is 1. The van der Waals surface area contributed by atoms with E-state index in [0.29, 0.717) is 10.6 Å². The van der Waals surface area contributed by atoms with E-state index in [0.717, 1.165) is 5.56 Å². The molecule has 1 aromatic rings. The number of esters is 1. The van der Waals surface area contributed by atoms with Gasteiger partial charge in [0.2, 0.25) is 0 Å². The minimum atomic E-state index is -0.912. The van der Waals surface area contributed by atoms with Crippen molar-refractivity contribution in [2.24, 2.45) is 0 Å². The Labute approximate surface area is 93.6 Å². The summed E-state index contributed by atoms with van der Waals surface area (Å²) in [6.07, 6.45) is -0.996. The third-order valence-corrected chi connectivity index (χ3v) is 2.43. The smallest absolute Gasteiger partial charge is 0.308 e. The van der Waals surface area contributed by atoms with E-state index in [2.05, 4.69) is 4.74 Å². The van der Waals surface area contributed by atoms with Crippen LogP contribution in [-0.2, 0) is 9.53 Å². The molecule has 0 saturated carbocycles. The Balaban J connectivity index is 2.82. The summed E-state index contributed by atoms with van der Waals surface area (Å²) in [5.74, 6) is -0.459. The van der Waals surface area contributed by atoms with Gasteiger partial charge in [-0.15, -0.1) is 0 Å². The topological polar surface area (TPSA) is 46.5 Å². The van der Waals surface area contributed by atoms with Crippen LogP contribution in [-0.4, -0.2) is 18.2 Å². The molecule has 0 aliphatic rings. The van der Waals surface area contributed by atoms with Crippen molar-refractivity contribution in [2.45, 2.75) is 19.4 Å². The van der Waals surface area contributed by atoms with Gasteiger partial charge in [-0.25, -0.2) is 0 Å². The van der Waals surface area contributed by atoms with Crippen LogP contribution in [0.1, 0.15) is 23.7 Å². The fourth-order valence-corrected chi connectivity index (χ4v) is 1.61. The first-order chi connectivity index (χ1) is 7.04. The lowest BCUT2D eigenvalue weighted by Crippen LogP contribution is -2.08. The maximum Gasteiger partial charge on any atom is 0.308 e. The molecule has 0 aliphatic carbocycles. The van der Waals surface area contributed by atoms with Crippen LogP contribution in [0.25, 0.3) is 0 Å². The van der Waals surface area contributed by atoms with Crippen molar-refractivity contribution in [1.82, 2.24) is 0 Å². The van der Waals surface area contributed by atoms with Gasteiger partial charge in [-0.2, -0.15) is 0 Å². The summed E-state index contributed by atoms with van der Waals surface area (Å²) in [6, 6.07) is 5.30. The molecule has 1 unspecified atom stereocenters. The van der Waals surface area contributed by atoms with E-state index in [1.165, 1.54) is 7.11 Å². The van der Waals surface area contributed by atoms with Gasteiger partial charge in [0.05, 0.1) is 19.6 Å². The highest BCUT2D eigenvalue weighted by molar-refractivity contribution is 6.31. The highest BCUT2D eigenvalue weighted by atomic mass is 35.5. The van der Waals surface area contributed by atoms with E-state index >= 15 is 0 Å². The normalized spacial score (nSPS) is 12.3. The molecule has 1 N–H and O–H groups in total. The lowest BCUT2D eigenvalue weighted by molar-refractivity contribution is -0.142. The number of methoxy groups -OCH3 is 1. The second-order valence-corrected chi connectivity index (χ2v) is 3.73. The monoisotopic (exact) mass is 228 g/mol. The fourth-order valence-electron chi connectivity index (χ4n) is 1.25. The summed E-state index contributed by atoms with van der Waals surface area (Å²) >= 11 is 5.94. The lowest BCUT2D eigenvalue weighted by atomic mass is 10.1. The lowest BCUT2D eigenvalue weighted by Gasteiger charge is -2.11. The minimum absolute atomic E-state index is 0.0840. The molecule has 1 aromatic carbocycles. The van der Waals surface area contributed by atoms with Crippen molar-refractivity contribution in [1.29, 1.82) is 0 Å². The maximum atomic E-state index is 10.9. The molecule has 4 heteroatoms. The summed E-state index contributed by atoms with van der Waals surface area (Å²) < 4.78 is 4.46. The number of ether oxygens (including phenoxy) is 1. The van der Waals surface area contributed by atoms with Crippen LogP contribution in [0.15, 0.2) is 18.2 Å². The highest BCUT2D eigenvalue weighted by Crippen LogP contribution is 2.26. The number of carbonyl (C=O) groups is 1. The molecule has 3 nitrogen and oxygen atoms in total. The van der Waals surface area contributed by atoms with E-state index in [1.807, 2.05) is 13.0 Å². The van der Waals surface area contributed by atoms with Crippen molar-refractivity contribution < 1.29 is 14.6 Å². The van der Waals surface area contributed by atoms with Crippen LogP contribution in [0.5, 0.6) is 0 Å². The molecule has 15 heavy (non-hydrogen) atoms. The summed E-state index contributed by atoms with van der Waals surface area (Å²) in [4.78, 5) is 10.9. The molecule has 1 rings (SSSR count). The van der Waals surface area contributed by atoms with Gasteiger partial charge in [0.15, 0.2) is 0 Å². The van der Waals surface area contributed by atoms with Crippen LogP contribution in [0, 0.1) is 6.92 Å². The van der Waals surface area contributed by atoms with Gasteiger partial charge < -0.3 is 9.84 Å². The average Bonchev–Trinajstić information content (AvgIpc) is 2.17. The molecule has 0 heterocycles. The Kier molecular flexibility index (Phi) is 4.12. The van der Waals surface area contributed by atoms with E-state index in [1.54, 1.807) is 12.1 Å². The number of hydrogen-bond donors (Lipinski definition) is 1. The molecular weight excluding hydrogens is 216 g/mol. The molecule has 0 spiro atoms. The number of halogens is 1. The average molecular weight is 229 g/mol. The molecule has 82 valence electrons. The SMILES string of the molecule is COC(=O)CC(O)c1ccc(C)cc1Cl. The van der Waals surface area contributed by atoms with Gasteiger partial charge in [0, 0.05) is 5.02 Å². The van der Waals surface area contributed by atoms with Crippen molar-refractivity contribution in [3.05, 3.63) is 34.3 Å². The zero-order valence-corrected chi connectivity index (χ0v) is 9.41. The van der Waals surface area contributed by atoms with E-state index in [4.69, 9.17) is 11.6 Å². The van der Waals surface area contributed by atoms with E-state index in [9.17, 15) is 9.90 Å². The van der Waals surface area contributed by atoms with Gasteiger partial charge in [-0.05, 0) is 24.1 Å². The van der Waals surface area contributed by atoms with Crippen molar-refractivity contribution >= 4 is 17.6 Å². The van der Waals surface area contributed by atoms with Crippen molar-refractivity contribution in [2.75, 3.05) is 7.11 Å². The number of aryl methyl sites for hydroxylation is 1. The number of aliphatic hydroxyl groups is 1. The Morgan fingerprint density at radius 3 is 2.80 bits per heavy atom. The number of hydrogen-bond acceptors (Lipinski definition) is 3. The van der Waals surface area contributed by atoms with E-state index < -0.39 is 12.1 Å². The first-order valence-electron chi connectivity index (χ1n) is 4.55. The van der Waals surface area contributed by atoms with Crippen LogP contribution in [0.3, 0.4) is 0 Å². The molecule has 0 aliphatic heterocycles. The quantitative estimate of drug-likeness (QED) is 0.808. The second-order valence-electron chi connectivity index (χ2n) is 3.32. The molecule has 1 atom stereocenters. The number of carbonyl (C=O) groups excluding carboxylic acids is 1. The zero-order valence-electron chi connectivity index (χ0n) is 8.66. The largest absolute Gasteiger partial charge is 0.469 e. The van der Waals surface area contributed by atoms with Gasteiger partial charge >= 0.3 is 5.97 Å². The highest BCUT2D eigenvalue weighted by Gasteiger charge is 2.15. The van der Waals surface area contributed by atoms with Gasteiger partial charge in [-0.3, -0.25) is 4.79 Å². The fraction of sp³-hybridized carbons (Fsp3) is 0.364. The standard InChI is InChI=1S/C11H13ClO3/c1-7-3-4-8(9(12)5-7)10(13)6-11(14)15-2/h3-5,10,13H,6H2,1-2H3. The summed E-state index contributed by atoms with van der Waals surface area (Å²) in [7, 11) is 1.28. The third kappa shape index (κ3) is 3.22. The zero-order chi connectivity index (χ0) is 11.4. The predicted octanol–water partition coefficient (Wildman–Crippen LogP) is 2.24. The number of rotatable bonds is 3.